The van der Waals surface area contributed by atoms with E-state index in [1.165, 1.54) is 5.57 Å². The van der Waals surface area contributed by atoms with Gasteiger partial charge in [0.2, 0.25) is 0 Å². The molecular weight excluding hydrogens is 300 g/mol. The van der Waals surface area contributed by atoms with Gasteiger partial charge in [0.15, 0.2) is 11.4 Å². The van der Waals surface area contributed by atoms with E-state index in [2.05, 4.69) is 26.8 Å². The van der Waals surface area contributed by atoms with Crippen LogP contribution in [0.1, 0.15) is 69.2 Å². The van der Waals surface area contributed by atoms with Crippen molar-refractivity contribution in [3.63, 3.8) is 0 Å². The maximum Gasteiger partial charge on any atom is 0.176 e. The first-order valence-electron chi connectivity index (χ1n) is 8.88. The summed E-state index contributed by atoms with van der Waals surface area (Å²) in [5, 5.41) is 10.3. The third-order valence-electron chi connectivity index (χ3n) is 4.93. The van der Waals surface area contributed by atoms with Crippen LogP contribution in [0.5, 0.6) is 5.75 Å². The van der Waals surface area contributed by atoms with Gasteiger partial charge in [0.05, 0.1) is 0 Å². The second-order valence-electron chi connectivity index (χ2n) is 7.06. The lowest BCUT2D eigenvalue weighted by Gasteiger charge is -2.17. The van der Waals surface area contributed by atoms with Crippen LogP contribution in [0.3, 0.4) is 0 Å². The van der Waals surface area contributed by atoms with E-state index in [1.807, 2.05) is 18.2 Å². The number of carbonyl (C=O) groups is 1. The van der Waals surface area contributed by atoms with Crippen molar-refractivity contribution in [2.24, 2.45) is 0 Å². The minimum atomic E-state index is -0.826. The Balaban J connectivity index is 1.86. The minimum Gasteiger partial charge on any atom is -0.508 e. The molecular formula is C21H26O3. The Hall–Kier alpha value is -1.87. The molecule has 0 saturated carbocycles. The first kappa shape index (κ1) is 17.0. The molecule has 3 nitrogen and oxygen atoms in total. The van der Waals surface area contributed by atoms with Gasteiger partial charge in [0.25, 0.3) is 0 Å². The maximum absolute atomic E-state index is 12.6. The predicted molar refractivity (Wildman–Crippen MR) is 96.0 cm³/mol. The molecule has 2 aliphatic rings. The van der Waals surface area contributed by atoms with Crippen LogP contribution in [-0.4, -0.2) is 16.5 Å². The number of phenols is 1. The summed E-state index contributed by atoms with van der Waals surface area (Å²) in [6, 6.07) is 3.68. The Morgan fingerprint density at radius 2 is 2.12 bits per heavy atom. The van der Waals surface area contributed by atoms with Crippen LogP contribution in [0.4, 0.5) is 0 Å². The monoisotopic (exact) mass is 326 g/mol. The summed E-state index contributed by atoms with van der Waals surface area (Å²) in [5.41, 5.74) is 3.38. The van der Waals surface area contributed by atoms with Gasteiger partial charge in [0, 0.05) is 12.0 Å². The zero-order valence-corrected chi connectivity index (χ0v) is 14.8. The van der Waals surface area contributed by atoms with Crippen molar-refractivity contribution >= 4 is 11.9 Å². The SMILES string of the molecule is CCCCCC(=O)[C@@]12C=Cc3c(CC=C(C)C)ccc(O)c3[C@@H]1O2. The Morgan fingerprint density at radius 1 is 1.33 bits per heavy atom. The van der Waals surface area contributed by atoms with Crippen molar-refractivity contribution in [3.05, 3.63) is 46.5 Å². The number of ether oxygens (including phenoxy) is 1. The summed E-state index contributed by atoms with van der Waals surface area (Å²) in [5.74, 6) is 0.362. The molecule has 0 unspecified atom stereocenters. The molecule has 24 heavy (non-hydrogen) atoms. The van der Waals surface area contributed by atoms with Crippen LogP contribution in [-0.2, 0) is 16.0 Å². The number of fused-ring (bicyclic) bond motifs is 3. The Kier molecular flexibility index (Phi) is 4.64. The molecule has 1 saturated heterocycles. The number of rotatable bonds is 7. The molecule has 3 heteroatoms. The fourth-order valence-electron chi connectivity index (χ4n) is 3.44. The first-order chi connectivity index (χ1) is 11.5. The number of phenolic OH excluding ortho intramolecular Hbond substituents is 1. The molecule has 0 spiro atoms. The highest BCUT2D eigenvalue weighted by Crippen LogP contribution is 2.58. The molecule has 1 fully saturated rings. The van der Waals surface area contributed by atoms with Crippen LogP contribution >= 0.6 is 0 Å². The van der Waals surface area contributed by atoms with E-state index in [9.17, 15) is 9.90 Å². The number of allylic oxidation sites excluding steroid dienone is 2. The molecule has 128 valence electrons. The standard InChI is InChI=1S/C21H26O3/c1-4-5-6-7-18(23)21-13-12-16-15(9-8-14(2)3)10-11-17(22)19(16)20(21)24-21/h8,10-13,20,22H,4-7,9H2,1-3H3/t20-,21-/m0/s1. The van der Waals surface area contributed by atoms with Gasteiger partial charge in [-0.25, -0.2) is 0 Å². The van der Waals surface area contributed by atoms with E-state index in [-0.39, 0.29) is 17.6 Å². The van der Waals surface area contributed by atoms with Crippen molar-refractivity contribution in [1.29, 1.82) is 0 Å². The van der Waals surface area contributed by atoms with Gasteiger partial charge >= 0.3 is 0 Å². The molecule has 1 aliphatic carbocycles. The van der Waals surface area contributed by atoms with Gasteiger partial charge in [-0.05, 0) is 50.0 Å². The molecule has 1 aromatic rings. The van der Waals surface area contributed by atoms with E-state index >= 15 is 0 Å². The average Bonchev–Trinajstić information content (AvgIpc) is 3.30. The third-order valence-corrected chi connectivity index (χ3v) is 4.93. The normalized spacial score (nSPS) is 23.4. The van der Waals surface area contributed by atoms with Gasteiger partial charge in [-0.15, -0.1) is 0 Å². The van der Waals surface area contributed by atoms with Gasteiger partial charge in [-0.1, -0.05) is 43.6 Å². The summed E-state index contributed by atoms with van der Waals surface area (Å²) in [6.45, 7) is 6.28. The fraction of sp³-hybridized carbons (Fsp3) is 0.476. The molecule has 0 radical (unpaired) electrons. The zero-order chi connectivity index (χ0) is 17.3. The lowest BCUT2D eigenvalue weighted by atomic mass is 9.82. The summed E-state index contributed by atoms with van der Waals surface area (Å²) >= 11 is 0. The van der Waals surface area contributed by atoms with Gasteiger partial charge in [0.1, 0.15) is 11.9 Å². The van der Waals surface area contributed by atoms with E-state index in [0.29, 0.717) is 6.42 Å². The van der Waals surface area contributed by atoms with Gasteiger partial charge in [-0.2, -0.15) is 0 Å². The van der Waals surface area contributed by atoms with E-state index < -0.39 is 5.60 Å². The van der Waals surface area contributed by atoms with Crippen molar-refractivity contribution in [2.75, 3.05) is 0 Å². The lowest BCUT2D eigenvalue weighted by molar-refractivity contribution is -0.122. The number of aromatic hydroxyl groups is 1. The molecule has 0 aromatic heterocycles. The highest BCUT2D eigenvalue weighted by atomic mass is 16.6. The number of carbonyl (C=O) groups excluding carboxylic acids is 1. The van der Waals surface area contributed by atoms with Gasteiger partial charge in [-0.3, -0.25) is 4.79 Å². The molecule has 2 atom stereocenters. The number of hydrogen-bond donors (Lipinski definition) is 1. The van der Waals surface area contributed by atoms with Crippen LogP contribution in [0.2, 0.25) is 0 Å². The number of benzene rings is 1. The van der Waals surface area contributed by atoms with Crippen molar-refractivity contribution in [2.45, 2.75) is 64.6 Å². The van der Waals surface area contributed by atoms with Crippen molar-refractivity contribution in [3.8, 4) is 5.75 Å². The Bertz CT molecular complexity index is 710. The van der Waals surface area contributed by atoms with Crippen molar-refractivity contribution < 1.29 is 14.6 Å². The molecule has 1 aromatic carbocycles. The predicted octanol–water partition coefficient (Wildman–Crippen LogP) is 4.89. The zero-order valence-electron chi connectivity index (χ0n) is 14.8. The minimum absolute atomic E-state index is 0.136. The summed E-state index contributed by atoms with van der Waals surface area (Å²) in [7, 11) is 0. The van der Waals surface area contributed by atoms with Crippen LogP contribution in [0.15, 0.2) is 29.9 Å². The van der Waals surface area contributed by atoms with Crippen molar-refractivity contribution in [1.82, 2.24) is 0 Å². The highest BCUT2D eigenvalue weighted by molar-refractivity contribution is 5.96. The highest BCUT2D eigenvalue weighted by Gasteiger charge is 2.63. The van der Waals surface area contributed by atoms with Crippen LogP contribution in [0.25, 0.3) is 6.08 Å². The summed E-state index contributed by atoms with van der Waals surface area (Å²) < 4.78 is 5.83. The lowest BCUT2D eigenvalue weighted by Crippen LogP contribution is -2.24. The number of ketones is 1. The number of unbranched alkanes of at least 4 members (excludes halogenated alkanes) is 2. The average molecular weight is 326 g/mol. The number of Topliss-reactive ketones (excluding diaryl/α,β-unsaturated/α-hetero) is 1. The second kappa shape index (κ2) is 6.56. The molecule has 1 N–H and O–H groups in total. The topological polar surface area (TPSA) is 49.8 Å². The van der Waals surface area contributed by atoms with E-state index in [1.54, 1.807) is 6.07 Å². The smallest absolute Gasteiger partial charge is 0.176 e. The molecule has 0 amide bonds. The largest absolute Gasteiger partial charge is 0.508 e. The summed E-state index contributed by atoms with van der Waals surface area (Å²) in [4.78, 5) is 12.6. The number of epoxide rings is 1. The summed E-state index contributed by atoms with van der Waals surface area (Å²) in [6.07, 6.45) is 10.1. The quantitative estimate of drug-likeness (QED) is 0.441. The van der Waals surface area contributed by atoms with E-state index in [0.717, 1.165) is 42.4 Å². The molecule has 1 heterocycles. The van der Waals surface area contributed by atoms with Gasteiger partial charge < -0.3 is 9.84 Å². The molecule has 1 aliphatic heterocycles. The molecule has 3 rings (SSSR count). The third kappa shape index (κ3) is 2.93. The second-order valence-corrected chi connectivity index (χ2v) is 7.06. The maximum atomic E-state index is 12.6. The molecule has 0 bridgehead atoms. The first-order valence-corrected chi connectivity index (χ1v) is 8.88. The Morgan fingerprint density at radius 3 is 2.83 bits per heavy atom. The number of hydrogen-bond acceptors (Lipinski definition) is 3. The fourth-order valence-corrected chi connectivity index (χ4v) is 3.44. The van der Waals surface area contributed by atoms with E-state index in [4.69, 9.17) is 4.74 Å². The van der Waals surface area contributed by atoms with Crippen LogP contribution in [0, 0.1) is 0 Å². The van der Waals surface area contributed by atoms with Crippen LogP contribution < -0.4 is 0 Å². The Labute approximate surface area is 144 Å².